The first-order chi connectivity index (χ1) is 15.3. The number of hydrogen-bond donors (Lipinski definition) is 1. The van der Waals surface area contributed by atoms with Gasteiger partial charge in [0, 0.05) is 23.7 Å². The molecule has 0 atom stereocenters. The molecule has 0 aliphatic carbocycles. The Morgan fingerprint density at radius 3 is 2.47 bits per heavy atom. The summed E-state index contributed by atoms with van der Waals surface area (Å²) in [7, 11) is -4.08. The van der Waals surface area contributed by atoms with Crippen molar-refractivity contribution in [1.29, 1.82) is 0 Å². The molecule has 0 unspecified atom stereocenters. The molecule has 4 rings (SSSR count). The molecule has 1 aliphatic heterocycles. The van der Waals surface area contributed by atoms with Crippen molar-refractivity contribution in [3.05, 3.63) is 94.0 Å². The van der Waals surface area contributed by atoms with Gasteiger partial charge >= 0.3 is 0 Å². The summed E-state index contributed by atoms with van der Waals surface area (Å²) in [6.45, 7) is 0.405. The second-order valence-electron chi connectivity index (χ2n) is 7.41. The van der Waals surface area contributed by atoms with Crippen LogP contribution in [-0.2, 0) is 23.0 Å². The summed E-state index contributed by atoms with van der Waals surface area (Å²) in [5, 5.41) is 3.33. The van der Waals surface area contributed by atoms with Crippen LogP contribution in [0.4, 0.5) is 14.5 Å². The molecular formula is C23H19ClF2N2O3S. The maximum atomic E-state index is 13.7. The van der Waals surface area contributed by atoms with Crippen LogP contribution >= 0.6 is 11.6 Å². The van der Waals surface area contributed by atoms with E-state index in [1.54, 1.807) is 30.3 Å². The van der Waals surface area contributed by atoms with Crippen LogP contribution in [0.1, 0.15) is 27.9 Å². The zero-order chi connectivity index (χ0) is 22.9. The Kier molecular flexibility index (Phi) is 6.17. The lowest BCUT2D eigenvalue weighted by Crippen LogP contribution is -2.35. The molecule has 166 valence electrons. The Labute approximate surface area is 189 Å². The van der Waals surface area contributed by atoms with E-state index in [4.69, 9.17) is 11.6 Å². The van der Waals surface area contributed by atoms with Crippen molar-refractivity contribution < 1.29 is 22.0 Å². The van der Waals surface area contributed by atoms with Crippen molar-refractivity contribution in [2.45, 2.75) is 24.3 Å². The number of anilines is 1. The number of nitrogens with zero attached hydrogens (tertiary/aromatic N) is 1. The van der Waals surface area contributed by atoms with E-state index in [0.29, 0.717) is 40.7 Å². The summed E-state index contributed by atoms with van der Waals surface area (Å²) in [6.07, 6.45) is 1.29. The van der Waals surface area contributed by atoms with Gasteiger partial charge in [-0.15, -0.1) is 0 Å². The monoisotopic (exact) mass is 476 g/mol. The van der Waals surface area contributed by atoms with Gasteiger partial charge in [-0.05, 0) is 72.5 Å². The molecule has 5 nitrogen and oxygen atoms in total. The number of rotatable bonds is 5. The summed E-state index contributed by atoms with van der Waals surface area (Å²) in [4.78, 5) is 12.0. The largest absolute Gasteiger partial charge is 0.348 e. The van der Waals surface area contributed by atoms with Gasteiger partial charge in [-0.1, -0.05) is 23.7 Å². The number of fused-ring (bicyclic) bond motifs is 1. The Bertz CT molecular complexity index is 1280. The van der Waals surface area contributed by atoms with Crippen LogP contribution in [0.15, 0.2) is 65.6 Å². The third-order valence-electron chi connectivity index (χ3n) is 5.26. The molecule has 3 aromatic rings. The average molecular weight is 477 g/mol. The molecule has 0 radical (unpaired) electrons. The van der Waals surface area contributed by atoms with Crippen LogP contribution in [0.3, 0.4) is 0 Å². The lowest BCUT2D eigenvalue weighted by molar-refractivity contribution is 0.0951. The van der Waals surface area contributed by atoms with Gasteiger partial charge < -0.3 is 5.32 Å². The topological polar surface area (TPSA) is 66.5 Å². The highest BCUT2D eigenvalue weighted by molar-refractivity contribution is 7.92. The second kappa shape index (κ2) is 8.88. The summed E-state index contributed by atoms with van der Waals surface area (Å²) >= 11 is 5.84. The maximum Gasteiger partial charge on any atom is 0.264 e. The minimum Gasteiger partial charge on any atom is -0.348 e. The normalized spacial score (nSPS) is 13.5. The number of hydrogen-bond acceptors (Lipinski definition) is 3. The molecule has 32 heavy (non-hydrogen) atoms. The molecule has 0 bridgehead atoms. The van der Waals surface area contributed by atoms with Gasteiger partial charge in [0.1, 0.15) is 0 Å². The van der Waals surface area contributed by atoms with Crippen molar-refractivity contribution >= 4 is 33.2 Å². The highest BCUT2D eigenvalue weighted by Crippen LogP contribution is 2.33. The molecule has 1 N–H and O–H groups in total. The smallest absolute Gasteiger partial charge is 0.264 e. The van der Waals surface area contributed by atoms with Crippen LogP contribution in [-0.4, -0.2) is 20.9 Å². The predicted molar refractivity (Wildman–Crippen MR) is 118 cm³/mol. The summed E-state index contributed by atoms with van der Waals surface area (Å²) in [6, 6.07) is 14.4. The van der Waals surface area contributed by atoms with Crippen LogP contribution in [0.25, 0.3) is 0 Å². The van der Waals surface area contributed by atoms with E-state index in [1.165, 1.54) is 4.31 Å². The van der Waals surface area contributed by atoms with E-state index < -0.39 is 21.7 Å². The van der Waals surface area contributed by atoms with Gasteiger partial charge in [-0.3, -0.25) is 9.10 Å². The number of amides is 1. The molecule has 1 aliphatic rings. The summed E-state index contributed by atoms with van der Waals surface area (Å²) in [5.74, 6) is -2.62. The summed E-state index contributed by atoms with van der Waals surface area (Å²) < 4.78 is 54.5. The van der Waals surface area contributed by atoms with E-state index >= 15 is 0 Å². The Morgan fingerprint density at radius 2 is 1.75 bits per heavy atom. The quantitative estimate of drug-likeness (QED) is 0.581. The molecule has 9 heteroatoms. The van der Waals surface area contributed by atoms with Crippen LogP contribution < -0.4 is 9.62 Å². The molecule has 0 spiro atoms. The van der Waals surface area contributed by atoms with Crippen molar-refractivity contribution in [3.8, 4) is 0 Å². The Morgan fingerprint density at radius 1 is 1.00 bits per heavy atom. The fraction of sp³-hybridized carbons (Fsp3) is 0.174. The summed E-state index contributed by atoms with van der Waals surface area (Å²) in [5.41, 5.74) is 2.46. The SMILES string of the molecule is O=C(NCc1ccc2c(c1)N(S(=O)(=O)c1ccc(F)c(F)c1)CCC2)c1ccc(Cl)cc1. The highest BCUT2D eigenvalue weighted by Gasteiger charge is 2.30. The fourth-order valence-corrected chi connectivity index (χ4v) is 5.27. The molecular weight excluding hydrogens is 458 g/mol. The van der Waals surface area contributed by atoms with E-state index in [1.807, 2.05) is 12.1 Å². The highest BCUT2D eigenvalue weighted by atomic mass is 35.5. The standard InChI is InChI=1S/C23H19ClF2N2O3S/c24-18-7-5-17(6-8-18)23(29)27-14-15-3-4-16-2-1-11-28(22(16)12-15)32(30,31)19-9-10-20(25)21(26)13-19/h3-10,12-13H,1-2,11,14H2,(H,27,29). The van der Waals surface area contributed by atoms with Gasteiger partial charge in [0.05, 0.1) is 10.6 Å². The molecule has 1 heterocycles. The van der Waals surface area contributed by atoms with Gasteiger partial charge in [0.15, 0.2) is 11.6 Å². The first kappa shape index (κ1) is 22.2. The van der Waals surface area contributed by atoms with Gasteiger partial charge in [-0.2, -0.15) is 0 Å². The lowest BCUT2D eigenvalue weighted by atomic mass is 10.0. The maximum absolute atomic E-state index is 13.7. The number of sulfonamides is 1. The van der Waals surface area contributed by atoms with Gasteiger partial charge in [0.2, 0.25) is 0 Å². The van der Waals surface area contributed by atoms with Crippen molar-refractivity contribution in [2.75, 3.05) is 10.8 Å². The number of halogens is 3. The minimum atomic E-state index is -4.08. The van der Waals surface area contributed by atoms with E-state index in [-0.39, 0.29) is 23.9 Å². The number of carbonyl (C=O) groups excluding carboxylic acids is 1. The molecule has 0 saturated heterocycles. The number of nitrogens with one attached hydrogen (secondary N) is 1. The number of benzene rings is 3. The van der Waals surface area contributed by atoms with Crippen LogP contribution in [0.2, 0.25) is 5.02 Å². The van der Waals surface area contributed by atoms with E-state index in [2.05, 4.69) is 5.32 Å². The number of carbonyl (C=O) groups is 1. The van der Waals surface area contributed by atoms with Crippen molar-refractivity contribution in [2.24, 2.45) is 0 Å². The fourth-order valence-electron chi connectivity index (χ4n) is 3.60. The van der Waals surface area contributed by atoms with E-state index in [0.717, 1.165) is 17.7 Å². The molecule has 0 fully saturated rings. The second-order valence-corrected chi connectivity index (χ2v) is 9.71. The minimum absolute atomic E-state index is 0.188. The zero-order valence-corrected chi connectivity index (χ0v) is 18.4. The first-order valence-electron chi connectivity index (χ1n) is 9.89. The third-order valence-corrected chi connectivity index (χ3v) is 7.33. The number of aryl methyl sites for hydroxylation is 1. The molecule has 3 aromatic carbocycles. The van der Waals surface area contributed by atoms with Crippen LogP contribution in [0, 0.1) is 11.6 Å². The van der Waals surface area contributed by atoms with E-state index in [9.17, 15) is 22.0 Å². The van der Waals surface area contributed by atoms with Crippen LogP contribution in [0.5, 0.6) is 0 Å². The van der Waals surface area contributed by atoms with Crippen molar-refractivity contribution in [1.82, 2.24) is 5.32 Å². The average Bonchev–Trinajstić information content (AvgIpc) is 2.79. The van der Waals surface area contributed by atoms with Gasteiger partial charge in [0.25, 0.3) is 15.9 Å². The third kappa shape index (κ3) is 4.47. The Hall–Kier alpha value is -2.97. The molecule has 0 saturated carbocycles. The Balaban J connectivity index is 1.58. The van der Waals surface area contributed by atoms with Crippen molar-refractivity contribution in [3.63, 3.8) is 0 Å². The predicted octanol–water partition coefficient (Wildman–Crippen LogP) is 4.69. The first-order valence-corrected chi connectivity index (χ1v) is 11.7. The lowest BCUT2D eigenvalue weighted by Gasteiger charge is -2.31. The van der Waals surface area contributed by atoms with Gasteiger partial charge in [-0.25, -0.2) is 17.2 Å². The molecule has 0 aromatic heterocycles. The molecule has 1 amide bonds. The zero-order valence-electron chi connectivity index (χ0n) is 16.8.